The zero-order valence-electron chi connectivity index (χ0n) is 18.5. The second-order valence-corrected chi connectivity index (χ2v) is 8.73. The van der Waals surface area contributed by atoms with Crippen LogP contribution in [0.15, 0.2) is 42.5 Å². The zero-order valence-corrected chi connectivity index (χ0v) is 18.5. The van der Waals surface area contributed by atoms with Crippen LogP contribution in [0.3, 0.4) is 0 Å². The van der Waals surface area contributed by atoms with Crippen molar-refractivity contribution in [1.29, 1.82) is 0 Å². The molecule has 0 unspecified atom stereocenters. The Hall–Kier alpha value is -3.26. The number of pyridine rings is 1. The van der Waals surface area contributed by atoms with Gasteiger partial charge in [-0.25, -0.2) is 13.8 Å². The third-order valence-corrected chi connectivity index (χ3v) is 6.42. The number of morpholine rings is 1. The lowest BCUT2D eigenvalue weighted by Crippen LogP contribution is -2.36. The second-order valence-electron chi connectivity index (χ2n) is 8.73. The number of aromatic nitrogens is 1. The number of carbonyl (C=O) groups excluding carboxylic acids is 1. The molecule has 172 valence electrons. The number of benzene rings is 2. The summed E-state index contributed by atoms with van der Waals surface area (Å²) in [6, 6.07) is 13.2. The van der Waals surface area contributed by atoms with Crippen LogP contribution in [-0.2, 0) is 4.74 Å². The van der Waals surface area contributed by atoms with Gasteiger partial charge in [0.25, 0.3) is 11.8 Å². The maximum Gasteiger partial charge on any atom is 0.267 e. The van der Waals surface area contributed by atoms with Crippen LogP contribution in [0.5, 0.6) is 0 Å². The highest BCUT2D eigenvalue weighted by atomic mass is 19.3. The fourth-order valence-corrected chi connectivity index (χ4v) is 4.70. The first-order valence-electron chi connectivity index (χ1n) is 11.1. The van der Waals surface area contributed by atoms with E-state index < -0.39 is 12.5 Å². The van der Waals surface area contributed by atoms with Gasteiger partial charge in [-0.1, -0.05) is 18.2 Å². The molecule has 0 radical (unpaired) electrons. The molecule has 2 saturated heterocycles. The predicted octanol–water partition coefficient (Wildman–Crippen LogP) is 4.11. The molecular formula is C25H26F2N4O2. The molecule has 1 aromatic heterocycles. The number of rotatable bonds is 3. The molecule has 2 aromatic carbocycles. The molecule has 0 atom stereocenters. The fourth-order valence-electron chi connectivity index (χ4n) is 4.70. The summed E-state index contributed by atoms with van der Waals surface area (Å²) in [5.41, 5.74) is 10.8. The molecule has 2 N–H and O–H groups in total. The van der Waals surface area contributed by atoms with E-state index in [2.05, 4.69) is 9.88 Å². The van der Waals surface area contributed by atoms with Gasteiger partial charge in [0.15, 0.2) is 0 Å². The van der Waals surface area contributed by atoms with Gasteiger partial charge < -0.3 is 20.3 Å². The molecule has 5 rings (SSSR count). The van der Waals surface area contributed by atoms with E-state index in [1.807, 2.05) is 37.3 Å². The number of carbonyl (C=O) groups is 1. The van der Waals surface area contributed by atoms with Gasteiger partial charge in [0.2, 0.25) is 0 Å². The number of alkyl halides is 2. The van der Waals surface area contributed by atoms with Gasteiger partial charge in [0, 0.05) is 37.0 Å². The molecule has 8 heteroatoms. The number of nitrogens with two attached hydrogens (primary N) is 1. The first kappa shape index (κ1) is 21.6. The van der Waals surface area contributed by atoms with Crippen molar-refractivity contribution >= 4 is 28.3 Å². The van der Waals surface area contributed by atoms with E-state index in [0.29, 0.717) is 24.6 Å². The standard InChI is InChI=1S/C25H26F2N4O2/c1-16-3-2-4-19(24(32)31-8-7-25(26,27)15-31)22(16)17-5-6-20-18(13-17)14-21(23(28)29-20)30-9-11-33-12-10-30/h2-6,13-14H,7-12,15H2,1H3,(H2,28,29). The van der Waals surface area contributed by atoms with Crippen LogP contribution in [-0.4, -0.2) is 61.1 Å². The van der Waals surface area contributed by atoms with Crippen LogP contribution in [0.25, 0.3) is 22.0 Å². The molecule has 3 aromatic rings. The monoisotopic (exact) mass is 452 g/mol. The quantitative estimate of drug-likeness (QED) is 0.648. The number of halogens is 2. The number of likely N-dealkylation sites (tertiary alicyclic amines) is 1. The lowest BCUT2D eigenvalue weighted by molar-refractivity contribution is 0.0120. The van der Waals surface area contributed by atoms with Gasteiger partial charge in [0.1, 0.15) is 5.82 Å². The Bertz CT molecular complexity index is 1220. The summed E-state index contributed by atoms with van der Waals surface area (Å²) in [5.74, 6) is -2.72. The smallest absolute Gasteiger partial charge is 0.267 e. The van der Waals surface area contributed by atoms with E-state index in [4.69, 9.17) is 10.5 Å². The number of nitrogen functional groups attached to an aromatic ring is 1. The highest BCUT2D eigenvalue weighted by Crippen LogP contribution is 2.35. The topological polar surface area (TPSA) is 71.7 Å². The molecule has 0 spiro atoms. The number of hydrogen-bond acceptors (Lipinski definition) is 5. The number of anilines is 2. The normalized spacial score (nSPS) is 18.2. The Morgan fingerprint density at radius 3 is 2.64 bits per heavy atom. The Morgan fingerprint density at radius 1 is 1.12 bits per heavy atom. The summed E-state index contributed by atoms with van der Waals surface area (Å²) in [6.07, 6.45) is -0.298. The molecule has 0 aliphatic carbocycles. The average Bonchev–Trinajstić information content (AvgIpc) is 3.18. The molecule has 0 bridgehead atoms. The highest BCUT2D eigenvalue weighted by molar-refractivity contribution is 6.03. The van der Waals surface area contributed by atoms with Crippen molar-refractivity contribution in [2.24, 2.45) is 0 Å². The zero-order chi connectivity index (χ0) is 23.2. The molecule has 2 aliphatic heterocycles. The number of nitrogens with zero attached hydrogens (tertiary/aromatic N) is 3. The van der Waals surface area contributed by atoms with Crippen LogP contribution >= 0.6 is 0 Å². The van der Waals surface area contributed by atoms with Crippen molar-refractivity contribution in [3.63, 3.8) is 0 Å². The number of ether oxygens (including phenoxy) is 1. The Balaban J connectivity index is 1.56. The summed E-state index contributed by atoms with van der Waals surface area (Å²) in [6.45, 7) is 4.22. The number of aryl methyl sites for hydroxylation is 1. The van der Waals surface area contributed by atoms with E-state index in [0.717, 1.165) is 46.4 Å². The molecule has 0 saturated carbocycles. The molecule has 3 heterocycles. The fraction of sp³-hybridized carbons (Fsp3) is 0.360. The van der Waals surface area contributed by atoms with Crippen LogP contribution in [0, 0.1) is 6.92 Å². The van der Waals surface area contributed by atoms with Crippen LogP contribution < -0.4 is 10.6 Å². The number of fused-ring (bicyclic) bond motifs is 1. The predicted molar refractivity (Wildman–Crippen MR) is 125 cm³/mol. The summed E-state index contributed by atoms with van der Waals surface area (Å²) in [4.78, 5) is 21.2. The molecule has 2 aliphatic rings. The van der Waals surface area contributed by atoms with Crippen molar-refractivity contribution in [1.82, 2.24) is 9.88 Å². The summed E-state index contributed by atoms with van der Waals surface area (Å²) < 4.78 is 32.9. The second kappa shape index (κ2) is 8.26. The summed E-state index contributed by atoms with van der Waals surface area (Å²) in [7, 11) is 0. The van der Waals surface area contributed by atoms with Gasteiger partial charge >= 0.3 is 0 Å². The summed E-state index contributed by atoms with van der Waals surface area (Å²) in [5, 5.41) is 0.901. The highest BCUT2D eigenvalue weighted by Gasteiger charge is 2.40. The Kier molecular flexibility index (Phi) is 5.40. The Morgan fingerprint density at radius 2 is 1.91 bits per heavy atom. The van der Waals surface area contributed by atoms with Gasteiger partial charge in [-0.15, -0.1) is 0 Å². The summed E-state index contributed by atoms with van der Waals surface area (Å²) >= 11 is 0. The number of amides is 1. The lowest BCUT2D eigenvalue weighted by atomic mass is 9.93. The van der Waals surface area contributed by atoms with Crippen molar-refractivity contribution in [3.05, 3.63) is 53.6 Å². The van der Waals surface area contributed by atoms with Gasteiger partial charge in [-0.2, -0.15) is 0 Å². The van der Waals surface area contributed by atoms with E-state index in [1.54, 1.807) is 12.1 Å². The van der Waals surface area contributed by atoms with E-state index in [-0.39, 0.29) is 18.9 Å². The minimum atomic E-state index is -2.83. The van der Waals surface area contributed by atoms with Crippen LogP contribution in [0.4, 0.5) is 20.3 Å². The van der Waals surface area contributed by atoms with E-state index in [9.17, 15) is 13.6 Å². The molecule has 33 heavy (non-hydrogen) atoms. The van der Waals surface area contributed by atoms with Gasteiger partial charge in [-0.05, 0) is 47.9 Å². The lowest BCUT2D eigenvalue weighted by Gasteiger charge is -2.29. The Labute approximate surface area is 190 Å². The third-order valence-electron chi connectivity index (χ3n) is 6.42. The number of hydrogen-bond donors (Lipinski definition) is 1. The maximum absolute atomic E-state index is 13.7. The van der Waals surface area contributed by atoms with Crippen molar-refractivity contribution in [3.8, 4) is 11.1 Å². The molecule has 2 fully saturated rings. The molecule has 6 nitrogen and oxygen atoms in total. The van der Waals surface area contributed by atoms with Gasteiger partial charge in [0.05, 0.1) is 31.0 Å². The van der Waals surface area contributed by atoms with Crippen LogP contribution in [0.1, 0.15) is 22.3 Å². The largest absolute Gasteiger partial charge is 0.382 e. The van der Waals surface area contributed by atoms with E-state index in [1.165, 1.54) is 4.90 Å². The van der Waals surface area contributed by atoms with Gasteiger partial charge in [-0.3, -0.25) is 4.79 Å². The average molecular weight is 453 g/mol. The first-order chi connectivity index (χ1) is 15.8. The van der Waals surface area contributed by atoms with E-state index >= 15 is 0 Å². The minimum absolute atomic E-state index is 0.0586. The first-order valence-corrected chi connectivity index (χ1v) is 11.1. The third kappa shape index (κ3) is 4.11. The van der Waals surface area contributed by atoms with Crippen LogP contribution in [0.2, 0.25) is 0 Å². The molecule has 1 amide bonds. The van der Waals surface area contributed by atoms with Crippen molar-refractivity contribution in [2.75, 3.05) is 50.0 Å². The minimum Gasteiger partial charge on any atom is -0.382 e. The molecular weight excluding hydrogens is 426 g/mol. The van der Waals surface area contributed by atoms with Crippen molar-refractivity contribution in [2.45, 2.75) is 19.3 Å². The maximum atomic E-state index is 13.7. The van der Waals surface area contributed by atoms with Crippen molar-refractivity contribution < 1.29 is 18.3 Å². The SMILES string of the molecule is Cc1cccc(C(=O)N2CCC(F)(F)C2)c1-c1ccc2nc(N)c(N3CCOCC3)cc2c1.